The lowest BCUT2D eigenvalue weighted by atomic mass is 10.2. The fraction of sp³-hybridized carbons (Fsp3) is 0.429. The van der Waals surface area contributed by atoms with Gasteiger partial charge in [-0.15, -0.1) is 0 Å². The van der Waals surface area contributed by atoms with E-state index in [1.54, 1.807) is 18.2 Å². The van der Waals surface area contributed by atoms with E-state index in [9.17, 15) is 13.2 Å². The molecule has 1 rings (SSSR count). The topological polar surface area (TPSA) is 99.5 Å². The van der Waals surface area contributed by atoms with Crippen LogP contribution in [0.1, 0.15) is 12.0 Å². The van der Waals surface area contributed by atoms with Crippen molar-refractivity contribution >= 4 is 21.6 Å². The number of anilines is 1. The third kappa shape index (κ3) is 5.35. The first-order chi connectivity index (χ1) is 10.4. The van der Waals surface area contributed by atoms with Crippen LogP contribution in [-0.4, -0.2) is 47.4 Å². The largest absolute Gasteiger partial charge is 0.383 e. The smallest absolute Gasteiger partial charge is 0.232 e. The van der Waals surface area contributed by atoms with Gasteiger partial charge in [0.2, 0.25) is 15.9 Å². The van der Waals surface area contributed by atoms with Gasteiger partial charge in [-0.3, -0.25) is 9.10 Å². The van der Waals surface area contributed by atoms with E-state index >= 15 is 0 Å². The Bertz CT molecular complexity index is 652. The highest BCUT2D eigenvalue weighted by molar-refractivity contribution is 7.92. The molecule has 1 aromatic rings. The summed E-state index contributed by atoms with van der Waals surface area (Å²) in [7, 11) is -2.07. The van der Waals surface area contributed by atoms with E-state index in [-0.39, 0.29) is 30.1 Å². The first-order valence-corrected chi connectivity index (χ1v) is 8.47. The quantitative estimate of drug-likeness (QED) is 0.701. The highest BCUT2D eigenvalue weighted by atomic mass is 32.2. The zero-order chi connectivity index (χ0) is 16.6. The number of para-hydroxylation sites is 1. The highest BCUT2D eigenvalue weighted by Crippen LogP contribution is 2.22. The maximum Gasteiger partial charge on any atom is 0.232 e. The predicted molar refractivity (Wildman–Crippen MR) is 82.8 cm³/mol. The molecule has 0 fully saturated rings. The van der Waals surface area contributed by atoms with Gasteiger partial charge < -0.3 is 10.1 Å². The van der Waals surface area contributed by atoms with Crippen LogP contribution in [0, 0.1) is 11.3 Å². The Labute approximate surface area is 130 Å². The minimum atomic E-state index is -3.59. The van der Waals surface area contributed by atoms with Crippen molar-refractivity contribution in [3.05, 3.63) is 29.8 Å². The predicted octanol–water partition coefficient (Wildman–Crippen LogP) is 0.477. The molecule has 0 aliphatic carbocycles. The lowest BCUT2D eigenvalue weighted by Gasteiger charge is -2.23. The number of hydrogen-bond donors (Lipinski definition) is 1. The second kappa shape index (κ2) is 8.36. The summed E-state index contributed by atoms with van der Waals surface area (Å²) < 4.78 is 29.8. The molecule has 0 heterocycles. The van der Waals surface area contributed by atoms with E-state index in [1.165, 1.54) is 13.2 Å². The van der Waals surface area contributed by atoms with Crippen molar-refractivity contribution in [3.63, 3.8) is 0 Å². The molecule has 0 spiro atoms. The van der Waals surface area contributed by atoms with Crippen molar-refractivity contribution in [3.8, 4) is 6.07 Å². The highest BCUT2D eigenvalue weighted by Gasteiger charge is 2.21. The zero-order valence-corrected chi connectivity index (χ0v) is 13.4. The lowest BCUT2D eigenvalue weighted by molar-refractivity contribution is -0.121. The van der Waals surface area contributed by atoms with Gasteiger partial charge in [0.05, 0.1) is 24.1 Å². The third-order valence-corrected chi connectivity index (χ3v) is 4.04. The molecule has 22 heavy (non-hydrogen) atoms. The maximum absolute atomic E-state index is 11.9. The van der Waals surface area contributed by atoms with E-state index in [4.69, 9.17) is 10.00 Å². The molecule has 0 saturated heterocycles. The Hall–Kier alpha value is -2.11. The summed E-state index contributed by atoms with van der Waals surface area (Å²) in [5, 5.41) is 11.7. The van der Waals surface area contributed by atoms with E-state index in [1.807, 2.05) is 6.07 Å². The molecule has 1 amide bonds. The minimum absolute atomic E-state index is 0.00343. The third-order valence-electron chi connectivity index (χ3n) is 2.86. The summed E-state index contributed by atoms with van der Waals surface area (Å²) in [4.78, 5) is 11.7. The zero-order valence-electron chi connectivity index (χ0n) is 12.6. The summed E-state index contributed by atoms with van der Waals surface area (Å²) in [5.74, 6) is -0.278. The van der Waals surface area contributed by atoms with Gasteiger partial charge in [-0.25, -0.2) is 8.42 Å². The number of nitriles is 1. The van der Waals surface area contributed by atoms with Crippen LogP contribution in [0.3, 0.4) is 0 Å². The van der Waals surface area contributed by atoms with Crippen LogP contribution in [0.5, 0.6) is 0 Å². The van der Waals surface area contributed by atoms with Crippen LogP contribution in [0.15, 0.2) is 24.3 Å². The standard InChI is InChI=1S/C14H19N3O4S/c1-21-10-8-16-14(18)7-9-17(22(2,19)20)13-6-4-3-5-12(13)11-15/h3-6H,7-10H2,1-2H3,(H,16,18). The van der Waals surface area contributed by atoms with Crippen LogP contribution >= 0.6 is 0 Å². The molecule has 0 atom stereocenters. The molecule has 1 aromatic carbocycles. The van der Waals surface area contributed by atoms with Crippen LogP contribution in [0.25, 0.3) is 0 Å². The van der Waals surface area contributed by atoms with Crippen molar-refractivity contribution in [2.75, 3.05) is 37.4 Å². The number of carbonyl (C=O) groups excluding carboxylic acids is 1. The molecule has 0 aliphatic rings. The van der Waals surface area contributed by atoms with Gasteiger partial charge in [0.15, 0.2) is 0 Å². The molecule has 0 bridgehead atoms. The van der Waals surface area contributed by atoms with Crippen LogP contribution in [0.4, 0.5) is 5.69 Å². The van der Waals surface area contributed by atoms with Crippen molar-refractivity contribution in [2.24, 2.45) is 0 Å². The number of benzene rings is 1. The fourth-order valence-corrected chi connectivity index (χ4v) is 2.77. The number of methoxy groups -OCH3 is 1. The molecule has 0 saturated carbocycles. The SMILES string of the molecule is COCCNC(=O)CCN(c1ccccc1C#N)S(C)(=O)=O. The van der Waals surface area contributed by atoms with Crippen molar-refractivity contribution in [1.29, 1.82) is 5.26 Å². The summed E-state index contributed by atoms with van der Waals surface area (Å²) in [6, 6.07) is 8.33. The van der Waals surface area contributed by atoms with E-state index < -0.39 is 10.0 Å². The summed E-state index contributed by atoms with van der Waals surface area (Å²) in [6.07, 6.45) is 1.04. The number of hydrogen-bond acceptors (Lipinski definition) is 5. The Morgan fingerprint density at radius 1 is 1.41 bits per heavy atom. The number of rotatable bonds is 8. The normalized spacial score (nSPS) is 10.8. The number of sulfonamides is 1. The monoisotopic (exact) mass is 325 g/mol. The van der Waals surface area contributed by atoms with Crippen LogP contribution < -0.4 is 9.62 Å². The number of ether oxygens (including phenoxy) is 1. The molecule has 0 aromatic heterocycles. The Kier molecular flexibility index (Phi) is 6.82. The Morgan fingerprint density at radius 3 is 2.68 bits per heavy atom. The van der Waals surface area contributed by atoms with Gasteiger partial charge in [0.25, 0.3) is 0 Å². The Balaban J connectivity index is 2.84. The molecule has 0 aliphatic heterocycles. The second-order valence-electron chi connectivity index (χ2n) is 4.56. The van der Waals surface area contributed by atoms with Crippen molar-refractivity contribution in [2.45, 2.75) is 6.42 Å². The molecule has 8 heteroatoms. The average molecular weight is 325 g/mol. The van der Waals surface area contributed by atoms with Crippen molar-refractivity contribution < 1.29 is 17.9 Å². The number of amides is 1. The second-order valence-corrected chi connectivity index (χ2v) is 6.46. The van der Waals surface area contributed by atoms with Crippen molar-refractivity contribution in [1.82, 2.24) is 5.32 Å². The Morgan fingerprint density at radius 2 is 2.09 bits per heavy atom. The maximum atomic E-state index is 11.9. The molecule has 0 unspecified atom stereocenters. The van der Waals surface area contributed by atoms with Gasteiger partial charge in [-0.2, -0.15) is 5.26 Å². The van der Waals surface area contributed by atoms with Gasteiger partial charge in [0.1, 0.15) is 6.07 Å². The first-order valence-electron chi connectivity index (χ1n) is 6.62. The van der Waals surface area contributed by atoms with Gasteiger partial charge in [0, 0.05) is 26.6 Å². The molecular formula is C14H19N3O4S. The molecule has 0 radical (unpaired) electrons. The van der Waals surface area contributed by atoms with Gasteiger partial charge in [-0.05, 0) is 12.1 Å². The van der Waals surface area contributed by atoms with Gasteiger partial charge in [-0.1, -0.05) is 12.1 Å². The number of nitrogens with one attached hydrogen (secondary N) is 1. The van der Waals surface area contributed by atoms with E-state index in [0.717, 1.165) is 10.6 Å². The van der Waals surface area contributed by atoms with Crippen LogP contribution in [-0.2, 0) is 19.6 Å². The summed E-state index contributed by atoms with van der Waals surface area (Å²) >= 11 is 0. The first kappa shape index (κ1) is 17.9. The van der Waals surface area contributed by atoms with Crippen LogP contribution in [0.2, 0.25) is 0 Å². The van der Waals surface area contributed by atoms with Gasteiger partial charge >= 0.3 is 0 Å². The fourth-order valence-electron chi connectivity index (χ4n) is 1.83. The molecular weight excluding hydrogens is 306 g/mol. The minimum Gasteiger partial charge on any atom is -0.383 e. The number of nitrogens with zero attached hydrogens (tertiary/aromatic N) is 2. The average Bonchev–Trinajstić information content (AvgIpc) is 2.47. The lowest BCUT2D eigenvalue weighted by Crippen LogP contribution is -2.35. The molecule has 120 valence electrons. The number of carbonyl (C=O) groups is 1. The van der Waals surface area contributed by atoms with E-state index in [0.29, 0.717) is 13.2 Å². The molecule has 7 nitrogen and oxygen atoms in total. The van der Waals surface area contributed by atoms with E-state index in [2.05, 4.69) is 5.32 Å². The summed E-state index contributed by atoms with van der Waals surface area (Å²) in [6.45, 7) is 0.720. The molecule has 1 N–H and O–H groups in total. The summed E-state index contributed by atoms with van der Waals surface area (Å²) in [5.41, 5.74) is 0.518.